The van der Waals surface area contributed by atoms with Gasteiger partial charge in [0, 0.05) is 61.5 Å². The van der Waals surface area contributed by atoms with Crippen molar-refractivity contribution < 1.29 is 4.79 Å². The highest BCUT2D eigenvalue weighted by atomic mass is 16.1. The molecule has 1 fully saturated rings. The molecule has 1 aliphatic rings. The number of hydrogen-bond acceptors (Lipinski definition) is 5. The summed E-state index contributed by atoms with van der Waals surface area (Å²) in [5, 5.41) is 6.42. The molecule has 5 aromatic rings. The van der Waals surface area contributed by atoms with E-state index in [4.69, 9.17) is 0 Å². The minimum atomic E-state index is -0.0359. The molecule has 0 unspecified atom stereocenters. The lowest BCUT2D eigenvalue weighted by atomic mass is 9.95. The number of nitrogens with one attached hydrogen (secondary N) is 1. The SMILES string of the molecule is CN1CCN(c2ccnc3ccc(NC(=O)Cc4cccc5c(-c6ccncc6)cccc45)cc23)CC1. The van der Waals surface area contributed by atoms with Crippen LogP contribution in [0.15, 0.2) is 91.4 Å². The van der Waals surface area contributed by atoms with Gasteiger partial charge in [-0.05, 0) is 70.9 Å². The normalized spacial score (nSPS) is 14.2. The lowest BCUT2D eigenvalue weighted by Crippen LogP contribution is -2.44. The van der Waals surface area contributed by atoms with E-state index in [9.17, 15) is 4.79 Å². The Labute approximate surface area is 216 Å². The number of hydrogen-bond donors (Lipinski definition) is 1. The predicted molar refractivity (Wildman–Crippen MR) is 151 cm³/mol. The first kappa shape index (κ1) is 23.1. The number of carbonyl (C=O) groups is 1. The van der Waals surface area contributed by atoms with Crippen LogP contribution in [-0.4, -0.2) is 54.0 Å². The van der Waals surface area contributed by atoms with Crippen molar-refractivity contribution in [2.75, 3.05) is 43.4 Å². The summed E-state index contributed by atoms with van der Waals surface area (Å²) in [7, 11) is 2.16. The van der Waals surface area contributed by atoms with Gasteiger partial charge in [-0.25, -0.2) is 0 Å². The molecule has 6 nitrogen and oxygen atoms in total. The number of aromatic nitrogens is 2. The van der Waals surface area contributed by atoms with Crippen LogP contribution in [0.5, 0.6) is 0 Å². The van der Waals surface area contributed by atoms with E-state index in [1.165, 1.54) is 5.69 Å². The minimum absolute atomic E-state index is 0.0359. The molecule has 1 N–H and O–H groups in total. The molecule has 0 spiro atoms. The highest BCUT2D eigenvalue weighted by Crippen LogP contribution is 2.31. The molecule has 6 rings (SSSR count). The average molecular weight is 488 g/mol. The van der Waals surface area contributed by atoms with Crippen molar-refractivity contribution in [2.45, 2.75) is 6.42 Å². The third-order valence-corrected chi connectivity index (χ3v) is 7.20. The summed E-state index contributed by atoms with van der Waals surface area (Å²) in [6.07, 6.45) is 5.78. The van der Waals surface area contributed by atoms with Gasteiger partial charge in [-0.3, -0.25) is 14.8 Å². The number of pyridine rings is 2. The molecule has 0 radical (unpaired) electrons. The lowest BCUT2D eigenvalue weighted by Gasteiger charge is -2.34. The number of nitrogens with zero attached hydrogens (tertiary/aromatic N) is 4. The van der Waals surface area contributed by atoms with Gasteiger partial charge < -0.3 is 15.1 Å². The Morgan fingerprint density at radius 2 is 1.62 bits per heavy atom. The zero-order valence-electron chi connectivity index (χ0n) is 20.9. The zero-order valence-corrected chi connectivity index (χ0v) is 20.9. The van der Waals surface area contributed by atoms with Gasteiger partial charge in [-0.1, -0.05) is 36.4 Å². The standard InChI is InChI=1S/C31H29N5O/c1-35-16-18-36(19-17-35)30-12-15-33-29-9-8-24(21-28(29)30)34-31(37)20-23-4-2-7-27-25(5-3-6-26(23)27)22-10-13-32-14-11-22/h2-15,21H,16-20H2,1H3,(H,34,37). The number of amides is 1. The van der Waals surface area contributed by atoms with Gasteiger partial charge in [-0.2, -0.15) is 0 Å². The number of likely N-dealkylation sites (N-methyl/N-ethyl adjacent to an activating group) is 1. The Morgan fingerprint density at radius 3 is 2.46 bits per heavy atom. The van der Waals surface area contributed by atoms with E-state index in [0.717, 1.165) is 70.2 Å². The van der Waals surface area contributed by atoms with Crippen LogP contribution in [0.1, 0.15) is 5.56 Å². The van der Waals surface area contributed by atoms with E-state index in [2.05, 4.69) is 68.5 Å². The molecule has 0 aliphatic carbocycles. The molecule has 0 bridgehead atoms. The van der Waals surface area contributed by atoms with Crippen LogP contribution in [0.2, 0.25) is 0 Å². The largest absolute Gasteiger partial charge is 0.368 e. The molecule has 3 heterocycles. The minimum Gasteiger partial charge on any atom is -0.368 e. The van der Waals surface area contributed by atoms with Crippen LogP contribution in [0.4, 0.5) is 11.4 Å². The molecular formula is C31H29N5O. The molecule has 1 amide bonds. The van der Waals surface area contributed by atoms with Crippen molar-refractivity contribution in [2.24, 2.45) is 0 Å². The number of rotatable bonds is 5. The summed E-state index contributed by atoms with van der Waals surface area (Å²) >= 11 is 0. The van der Waals surface area contributed by atoms with Gasteiger partial charge in [0.05, 0.1) is 11.9 Å². The summed E-state index contributed by atoms with van der Waals surface area (Å²) in [5.41, 5.74) is 6.16. The maximum Gasteiger partial charge on any atom is 0.228 e. The van der Waals surface area contributed by atoms with Crippen LogP contribution in [-0.2, 0) is 11.2 Å². The number of piperazine rings is 1. The highest BCUT2D eigenvalue weighted by Gasteiger charge is 2.17. The van der Waals surface area contributed by atoms with Gasteiger partial charge in [0.2, 0.25) is 5.91 Å². The van der Waals surface area contributed by atoms with E-state index in [-0.39, 0.29) is 5.91 Å². The maximum absolute atomic E-state index is 13.2. The molecule has 6 heteroatoms. The van der Waals surface area contributed by atoms with Gasteiger partial charge in [0.15, 0.2) is 0 Å². The topological polar surface area (TPSA) is 61.4 Å². The fourth-order valence-corrected chi connectivity index (χ4v) is 5.22. The summed E-state index contributed by atoms with van der Waals surface area (Å²) in [6.45, 7) is 4.03. The maximum atomic E-state index is 13.2. The van der Waals surface area contributed by atoms with Gasteiger partial charge in [0.25, 0.3) is 0 Å². The van der Waals surface area contributed by atoms with Crippen LogP contribution in [0, 0.1) is 0 Å². The number of anilines is 2. The van der Waals surface area contributed by atoms with Gasteiger partial charge in [-0.15, -0.1) is 0 Å². The lowest BCUT2D eigenvalue weighted by molar-refractivity contribution is -0.115. The van der Waals surface area contributed by atoms with Crippen molar-refractivity contribution in [3.8, 4) is 11.1 Å². The molecule has 1 saturated heterocycles. The second-order valence-corrected chi connectivity index (χ2v) is 9.63. The number of benzene rings is 3. The Hall–Kier alpha value is -4.29. The molecule has 0 atom stereocenters. The molecule has 0 saturated carbocycles. The summed E-state index contributed by atoms with van der Waals surface area (Å²) in [5.74, 6) is -0.0359. The Bertz CT molecular complexity index is 1580. The van der Waals surface area contributed by atoms with Crippen LogP contribution in [0.3, 0.4) is 0 Å². The fraction of sp³-hybridized carbons (Fsp3) is 0.194. The quantitative estimate of drug-likeness (QED) is 0.361. The van der Waals surface area contributed by atoms with Crippen molar-refractivity contribution in [1.29, 1.82) is 0 Å². The van der Waals surface area contributed by atoms with Crippen molar-refractivity contribution >= 4 is 39.0 Å². The third kappa shape index (κ3) is 4.76. The first-order chi connectivity index (χ1) is 18.2. The van der Waals surface area contributed by atoms with E-state index < -0.39 is 0 Å². The second kappa shape index (κ2) is 9.99. The zero-order chi connectivity index (χ0) is 25.2. The van der Waals surface area contributed by atoms with Crippen LogP contribution < -0.4 is 10.2 Å². The van der Waals surface area contributed by atoms with Crippen molar-refractivity contribution in [3.05, 3.63) is 97.0 Å². The van der Waals surface area contributed by atoms with Crippen LogP contribution >= 0.6 is 0 Å². The number of carbonyl (C=O) groups excluding carboxylic acids is 1. The monoisotopic (exact) mass is 487 g/mol. The molecule has 37 heavy (non-hydrogen) atoms. The highest BCUT2D eigenvalue weighted by molar-refractivity contribution is 6.02. The molecule has 184 valence electrons. The van der Waals surface area contributed by atoms with Gasteiger partial charge in [0.1, 0.15) is 0 Å². The first-order valence-electron chi connectivity index (χ1n) is 12.7. The summed E-state index contributed by atoms with van der Waals surface area (Å²) in [4.78, 5) is 26.6. The van der Waals surface area contributed by atoms with E-state index in [0.29, 0.717) is 6.42 Å². The second-order valence-electron chi connectivity index (χ2n) is 9.63. The van der Waals surface area contributed by atoms with Crippen molar-refractivity contribution in [3.63, 3.8) is 0 Å². The summed E-state index contributed by atoms with van der Waals surface area (Å²) < 4.78 is 0. The third-order valence-electron chi connectivity index (χ3n) is 7.20. The molecule has 3 aromatic carbocycles. The summed E-state index contributed by atoms with van der Waals surface area (Å²) in [6, 6.07) is 24.5. The van der Waals surface area contributed by atoms with E-state index in [1.54, 1.807) is 12.4 Å². The van der Waals surface area contributed by atoms with Crippen LogP contribution in [0.25, 0.3) is 32.8 Å². The molecule has 1 aliphatic heterocycles. The fourth-order valence-electron chi connectivity index (χ4n) is 5.22. The number of fused-ring (bicyclic) bond motifs is 2. The Kier molecular flexibility index (Phi) is 6.25. The Balaban J connectivity index is 1.26. The van der Waals surface area contributed by atoms with Crippen molar-refractivity contribution in [1.82, 2.24) is 14.9 Å². The Morgan fingerprint density at radius 1 is 0.838 bits per heavy atom. The average Bonchev–Trinajstić information content (AvgIpc) is 2.93. The van der Waals surface area contributed by atoms with E-state index >= 15 is 0 Å². The van der Waals surface area contributed by atoms with E-state index in [1.807, 2.05) is 42.6 Å². The van der Waals surface area contributed by atoms with Gasteiger partial charge >= 0.3 is 0 Å². The molecule has 2 aromatic heterocycles. The molecular weight excluding hydrogens is 458 g/mol. The smallest absolute Gasteiger partial charge is 0.228 e. The first-order valence-corrected chi connectivity index (χ1v) is 12.7. The predicted octanol–water partition coefficient (Wildman–Crippen LogP) is 5.38.